The van der Waals surface area contributed by atoms with Crippen molar-refractivity contribution in [3.8, 4) is 0 Å². The van der Waals surface area contributed by atoms with Crippen LogP contribution in [0, 0.1) is 5.92 Å². The number of aliphatic hydroxyl groups excluding tert-OH is 2. The van der Waals surface area contributed by atoms with E-state index in [9.17, 15) is 15.0 Å². The van der Waals surface area contributed by atoms with Crippen LogP contribution in [0.5, 0.6) is 0 Å². The van der Waals surface area contributed by atoms with Crippen molar-refractivity contribution in [2.24, 2.45) is 5.92 Å². The first-order valence-electron chi connectivity index (χ1n) is 12.2. The number of carbonyl (C=O) groups is 1. The van der Waals surface area contributed by atoms with Crippen molar-refractivity contribution in [1.82, 2.24) is 0 Å². The van der Waals surface area contributed by atoms with Gasteiger partial charge in [-0.05, 0) is 54.7 Å². The van der Waals surface area contributed by atoms with Crippen molar-refractivity contribution in [3.63, 3.8) is 0 Å². The summed E-state index contributed by atoms with van der Waals surface area (Å²) in [7, 11) is 1.42. The first-order chi connectivity index (χ1) is 16.0. The molecule has 0 spiro atoms. The zero-order chi connectivity index (χ0) is 23.6. The lowest BCUT2D eigenvalue weighted by Crippen LogP contribution is -2.19. The van der Waals surface area contributed by atoms with E-state index in [1.54, 1.807) is 0 Å². The molecule has 1 aliphatic carbocycles. The van der Waals surface area contributed by atoms with Crippen LogP contribution in [-0.4, -0.2) is 34.8 Å². The minimum absolute atomic E-state index is 0.0260. The second kappa shape index (κ2) is 13.1. The summed E-state index contributed by atoms with van der Waals surface area (Å²) in [5.41, 5.74) is 3.23. The summed E-state index contributed by atoms with van der Waals surface area (Å²) >= 11 is 6.64. The first kappa shape index (κ1) is 25.7. The summed E-state index contributed by atoms with van der Waals surface area (Å²) in [5, 5.41) is 21.3. The number of carbonyl (C=O) groups excluding carboxylic acids is 1. The predicted molar refractivity (Wildman–Crippen MR) is 132 cm³/mol. The molecule has 4 nitrogen and oxygen atoms in total. The number of rotatable bonds is 12. The Morgan fingerprint density at radius 2 is 1.76 bits per heavy atom. The average molecular weight is 473 g/mol. The molecule has 5 atom stereocenters. The van der Waals surface area contributed by atoms with Crippen LogP contribution in [-0.2, 0) is 16.0 Å². The van der Waals surface area contributed by atoms with Crippen LogP contribution in [0.25, 0.3) is 0 Å². The van der Waals surface area contributed by atoms with Gasteiger partial charge in [0.25, 0.3) is 0 Å². The maximum absolute atomic E-state index is 11.2. The minimum atomic E-state index is -0.505. The fourth-order valence-corrected chi connectivity index (χ4v) is 5.52. The molecular formula is C28H37ClO4. The van der Waals surface area contributed by atoms with Gasteiger partial charge in [0.05, 0.1) is 19.3 Å². The number of aryl methyl sites for hydroxylation is 1. The number of unbranched alkanes of at least 4 members (excludes halogenated alkanes) is 3. The zero-order valence-electron chi connectivity index (χ0n) is 19.5. The third-order valence-corrected chi connectivity index (χ3v) is 7.46. The number of methoxy groups -OCH3 is 1. The third-order valence-electron chi connectivity index (χ3n) is 6.96. The zero-order valence-corrected chi connectivity index (χ0v) is 20.3. The Kier molecular flexibility index (Phi) is 10.2. The molecule has 3 rings (SSSR count). The molecule has 1 saturated carbocycles. The fourth-order valence-electron chi connectivity index (χ4n) is 5.05. The molecule has 180 valence electrons. The highest BCUT2D eigenvalue weighted by atomic mass is 35.5. The first-order valence-corrected chi connectivity index (χ1v) is 12.6. The van der Waals surface area contributed by atoms with Gasteiger partial charge < -0.3 is 14.9 Å². The maximum atomic E-state index is 11.2. The standard InChI is InChI=1S/C28H37ClO4/c1-33-27(32)12-8-3-2-7-11-23-24(29)19-26(31)28(23)22-16-14-21(15-17-22)25(30)18-13-20-9-5-4-6-10-20/h4-6,9-10,14-17,23-26,28,30-31H,2-3,7-8,11-13,18-19H2,1H3. The lowest BCUT2D eigenvalue weighted by Gasteiger charge is -2.24. The SMILES string of the molecule is COC(=O)CCCCCCC1C(Cl)CC(O)C1c1ccc(C(O)CCc2ccccc2)cc1. The van der Waals surface area contributed by atoms with Crippen LogP contribution in [0.2, 0.25) is 0 Å². The molecule has 0 saturated heterocycles. The number of hydrogen-bond acceptors (Lipinski definition) is 4. The van der Waals surface area contributed by atoms with Crippen LogP contribution >= 0.6 is 11.6 Å². The van der Waals surface area contributed by atoms with Crippen LogP contribution in [0.3, 0.4) is 0 Å². The fraction of sp³-hybridized carbons (Fsp3) is 0.536. The van der Waals surface area contributed by atoms with E-state index < -0.39 is 12.2 Å². The summed E-state index contributed by atoms with van der Waals surface area (Å²) < 4.78 is 4.68. The normalized spacial score (nSPS) is 23.4. The Labute approximate surface area is 202 Å². The Morgan fingerprint density at radius 3 is 2.45 bits per heavy atom. The quantitative estimate of drug-likeness (QED) is 0.228. The highest BCUT2D eigenvalue weighted by Gasteiger charge is 2.41. The molecule has 0 aromatic heterocycles. The van der Waals surface area contributed by atoms with Gasteiger partial charge in [-0.1, -0.05) is 73.9 Å². The van der Waals surface area contributed by atoms with Gasteiger partial charge in [-0.15, -0.1) is 11.6 Å². The Hall–Kier alpha value is -1.88. The molecule has 5 heteroatoms. The molecule has 0 amide bonds. The van der Waals surface area contributed by atoms with E-state index in [1.807, 2.05) is 42.5 Å². The van der Waals surface area contributed by atoms with E-state index in [2.05, 4.69) is 16.9 Å². The molecule has 33 heavy (non-hydrogen) atoms. The second-order valence-electron chi connectivity index (χ2n) is 9.24. The number of halogens is 1. The smallest absolute Gasteiger partial charge is 0.305 e. The van der Waals surface area contributed by atoms with Crippen LogP contribution in [0.1, 0.15) is 80.1 Å². The van der Waals surface area contributed by atoms with Gasteiger partial charge in [-0.3, -0.25) is 4.79 Å². The lowest BCUT2D eigenvalue weighted by atomic mass is 9.83. The number of alkyl halides is 1. The molecule has 5 unspecified atom stereocenters. The molecule has 2 N–H and O–H groups in total. The number of esters is 1. The summed E-state index contributed by atoms with van der Waals surface area (Å²) in [6.45, 7) is 0. The van der Waals surface area contributed by atoms with E-state index in [-0.39, 0.29) is 23.2 Å². The van der Waals surface area contributed by atoms with Gasteiger partial charge in [-0.25, -0.2) is 0 Å². The Bertz CT molecular complexity index is 839. The predicted octanol–water partition coefficient (Wildman–Crippen LogP) is 5.94. The number of aliphatic hydroxyl groups is 2. The monoisotopic (exact) mass is 472 g/mol. The highest BCUT2D eigenvalue weighted by Crippen LogP contribution is 2.45. The average Bonchev–Trinajstić information content (AvgIpc) is 3.12. The van der Waals surface area contributed by atoms with E-state index >= 15 is 0 Å². The van der Waals surface area contributed by atoms with Crippen molar-refractivity contribution in [2.75, 3.05) is 7.11 Å². The number of hydrogen-bond donors (Lipinski definition) is 2. The largest absolute Gasteiger partial charge is 0.469 e. The molecule has 1 aliphatic rings. The van der Waals surface area contributed by atoms with E-state index in [0.717, 1.165) is 49.7 Å². The second-order valence-corrected chi connectivity index (χ2v) is 9.81. The Morgan fingerprint density at radius 1 is 1.06 bits per heavy atom. The van der Waals surface area contributed by atoms with E-state index in [1.165, 1.54) is 12.7 Å². The van der Waals surface area contributed by atoms with E-state index in [4.69, 9.17) is 11.6 Å². The van der Waals surface area contributed by atoms with Gasteiger partial charge in [0.1, 0.15) is 0 Å². The number of ether oxygens (including phenoxy) is 1. The molecule has 2 aromatic rings. The van der Waals surface area contributed by atoms with Crippen LogP contribution < -0.4 is 0 Å². The van der Waals surface area contributed by atoms with Gasteiger partial charge in [0.2, 0.25) is 0 Å². The Balaban J connectivity index is 1.52. The van der Waals surface area contributed by atoms with E-state index in [0.29, 0.717) is 19.3 Å². The third kappa shape index (κ3) is 7.56. The molecule has 2 aromatic carbocycles. The maximum Gasteiger partial charge on any atom is 0.305 e. The molecular weight excluding hydrogens is 436 g/mol. The molecule has 0 bridgehead atoms. The topological polar surface area (TPSA) is 66.8 Å². The molecule has 1 fully saturated rings. The minimum Gasteiger partial charge on any atom is -0.469 e. The van der Waals surface area contributed by atoms with Gasteiger partial charge in [0, 0.05) is 17.7 Å². The summed E-state index contributed by atoms with van der Waals surface area (Å²) in [6, 6.07) is 18.3. The van der Waals surface area contributed by atoms with Crippen molar-refractivity contribution in [2.45, 2.75) is 81.3 Å². The molecule has 0 heterocycles. The molecule has 0 aliphatic heterocycles. The van der Waals surface area contributed by atoms with Crippen molar-refractivity contribution in [3.05, 3.63) is 71.3 Å². The number of benzene rings is 2. The van der Waals surface area contributed by atoms with Crippen molar-refractivity contribution >= 4 is 17.6 Å². The molecule has 0 radical (unpaired) electrons. The van der Waals surface area contributed by atoms with Crippen LogP contribution in [0.4, 0.5) is 0 Å². The lowest BCUT2D eigenvalue weighted by molar-refractivity contribution is -0.140. The van der Waals surface area contributed by atoms with Crippen LogP contribution in [0.15, 0.2) is 54.6 Å². The summed E-state index contributed by atoms with van der Waals surface area (Å²) in [6.07, 6.45) is 6.55. The summed E-state index contributed by atoms with van der Waals surface area (Å²) in [4.78, 5) is 11.2. The summed E-state index contributed by atoms with van der Waals surface area (Å²) in [5.74, 6) is 0.109. The van der Waals surface area contributed by atoms with Gasteiger partial charge in [0.15, 0.2) is 0 Å². The van der Waals surface area contributed by atoms with Crippen molar-refractivity contribution in [1.29, 1.82) is 0 Å². The highest BCUT2D eigenvalue weighted by molar-refractivity contribution is 6.21. The van der Waals surface area contributed by atoms with Gasteiger partial charge >= 0.3 is 5.97 Å². The van der Waals surface area contributed by atoms with Gasteiger partial charge in [-0.2, -0.15) is 0 Å². The van der Waals surface area contributed by atoms with Crippen molar-refractivity contribution < 1.29 is 19.7 Å².